The zero-order valence-electron chi connectivity index (χ0n) is 75.0. The summed E-state index contributed by atoms with van der Waals surface area (Å²) in [6.07, 6.45) is 0.686. The molecule has 728 valence electrons. The van der Waals surface area contributed by atoms with Crippen molar-refractivity contribution in [3.63, 3.8) is 0 Å². The first-order valence-electron chi connectivity index (χ1n) is 41.4. The SMILES string of the molecule is C[C@H]1CN[C@H](c2ccc(F)c(F)c2)CC1(F)F.Cc1cc(NC(=O)C(=O)N2C[C@H](C)C(F)(F)C[C@H]2c2ccc(F)c(F)c2)cnc1N.Cc1cc(NC(=O)C(=O)N2C[C@H](C)C(F)(F)C[C@H]2c2ccc(F)c(F)c2)cnc1N.Cc1cc(NC(=O)C(=O)N2C[C@H](C)C(F)(F)C[C@H]2c2ccc(F)c(F)c2)cnc1NC(=O)OC(C)(C)C.Cc1cc(NC(=O)C(=O)O)cnc1NC(=O)OC(C)(C)C. The number of benzene rings is 4. The highest BCUT2D eigenvalue weighted by atomic mass is 19.3. The number of nitrogens with one attached hydrogen (secondary N) is 7. The van der Waals surface area contributed by atoms with Gasteiger partial charge in [0.25, 0.3) is 23.7 Å². The number of nitrogens with zero attached hydrogens (tertiary/aromatic N) is 7. The van der Waals surface area contributed by atoms with Crippen molar-refractivity contribution in [1.29, 1.82) is 0 Å². The van der Waals surface area contributed by atoms with Gasteiger partial charge >= 0.3 is 59.5 Å². The Bertz CT molecular complexity index is 5620. The number of nitrogen functional groups attached to an aromatic ring is 2. The highest BCUT2D eigenvalue weighted by Gasteiger charge is 2.53. The number of carboxylic acids is 1. The molecule has 0 bridgehead atoms. The minimum atomic E-state index is -3.19. The van der Waals surface area contributed by atoms with Gasteiger partial charge in [0, 0.05) is 81.6 Å². The Morgan fingerprint density at radius 3 is 0.911 bits per heavy atom. The summed E-state index contributed by atoms with van der Waals surface area (Å²) in [5.41, 5.74) is 13.0. The molecule has 9 amide bonds. The molecule has 0 aliphatic carbocycles. The molecule has 4 aliphatic heterocycles. The van der Waals surface area contributed by atoms with Gasteiger partial charge in [0.05, 0.1) is 65.7 Å². The molecule has 0 saturated carbocycles. The molecule has 8 atom stereocenters. The Kier molecular flexibility index (Phi) is 34.3. The van der Waals surface area contributed by atoms with Crippen LogP contribution in [0, 0.1) is 97.9 Å². The fourth-order valence-electron chi connectivity index (χ4n) is 13.9. The van der Waals surface area contributed by atoms with Gasteiger partial charge in [-0.1, -0.05) is 52.0 Å². The number of pyridine rings is 4. The Hall–Kier alpha value is -13.8. The number of piperidine rings is 4. The maximum absolute atomic E-state index is 14.5. The molecule has 0 radical (unpaired) electrons. The van der Waals surface area contributed by atoms with E-state index in [1.54, 1.807) is 69.2 Å². The normalized spacial score (nSPS) is 19.6. The molecule has 12 rings (SSSR count). The number of amides is 9. The number of carboxylic acid groups (broad SMARTS) is 1. The maximum Gasteiger partial charge on any atom is 0.413 e. The monoisotopic (exact) mass is 1910 g/mol. The molecular formula is C90H98F16N16O13. The number of likely N-dealkylation sites (tertiary alicyclic amines) is 3. The summed E-state index contributed by atoms with van der Waals surface area (Å²) in [6.45, 7) is 20.9. The van der Waals surface area contributed by atoms with E-state index in [0.29, 0.717) is 27.8 Å². The second-order valence-corrected chi connectivity index (χ2v) is 34.5. The molecule has 135 heavy (non-hydrogen) atoms. The molecule has 0 unspecified atom stereocenters. The van der Waals surface area contributed by atoms with Crippen LogP contribution in [0.4, 0.5) is 126 Å². The minimum Gasteiger partial charge on any atom is -0.474 e. The Morgan fingerprint density at radius 2 is 0.644 bits per heavy atom. The van der Waals surface area contributed by atoms with E-state index >= 15 is 0 Å². The van der Waals surface area contributed by atoms with E-state index < -0.39 is 228 Å². The molecule has 4 aromatic heterocycles. The van der Waals surface area contributed by atoms with Crippen molar-refractivity contribution in [2.45, 2.75) is 182 Å². The van der Waals surface area contributed by atoms with Crippen LogP contribution in [-0.4, -0.2) is 160 Å². The summed E-state index contributed by atoms with van der Waals surface area (Å²) in [6, 6.07) is 12.7. The van der Waals surface area contributed by atoms with Crippen molar-refractivity contribution < 1.29 is 133 Å². The standard InChI is InChI=1S/C25H28F4N4O4.2C20H20F4N4O2.C13H17N3O5.C12H13F4N/c1-13-8-16(11-30-20(13)32-23(36)37-24(3,4)5)31-21(34)22(35)33-12-14(2)25(28,29)10-19(33)15-6-7-17(26)18(27)9-15;2*1-10-5-13(8-26-17(10)25)27-18(29)19(30)28-9-11(2)20(23,24)7-16(28)12-3-4-14(21)15(22)6-12;1-7-5-8(15-10(17)11(18)19)6-14-9(7)16-12(20)21-13(2,3)4;1-7-6-17-11(5-12(7,15)16)8-2-3-9(13)10(14)4-8/h6-9,11,14,19H,10,12H2,1-5H3,(H,31,34)(H,30,32,36);2*3-6,8,11,16H,7,9H2,1-2H3,(H2,25,26)(H,27,29);5-6H,1-4H3,(H,15,17)(H,18,19)(H,14,16,20);2-4,7,11,17H,5-6H2,1H3/t14-,19-;2*11-,16-;;7-,11-/m000.0/s1. The van der Waals surface area contributed by atoms with E-state index in [2.05, 4.69) is 57.2 Å². The molecule has 0 spiro atoms. The molecule has 4 aromatic carbocycles. The fraction of sp³-hybridized carbons (Fsp3) is 0.400. The number of rotatable bonds is 10. The van der Waals surface area contributed by atoms with E-state index in [1.807, 2.05) is 0 Å². The lowest BCUT2D eigenvalue weighted by Gasteiger charge is -2.42. The van der Waals surface area contributed by atoms with Crippen LogP contribution in [-0.2, 0) is 47.8 Å². The van der Waals surface area contributed by atoms with Gasteiger partial charge in [0.15, 0.2) is 46.5 Å². The number of anilines is 8. The molecule has 8 heterocycles. The number of hydrogen-bond donors (Lipinski definition) is 10. The van der Waals surface area contributed by atoms with Gasteiger partial charge < -0.3 is 67.3 Å². The molecule has 4 aliphatic rings. The van der Waals surface area contributed by atoms with Crippen molar-refractivity contribution in [2.75, 3.05) is 69.5 Å². The van der Waals surface area contributed by atoms with Gasteiger partial charge in [0.1, 0.15) is 34.5 Å². The zero-order valence-corrected chi connectivity index (χ0v) is 75.0. The largest absolute Gasteiger partial charge is 0.474 e. The lowest BCUT2D eigenvalue weighted by atomic mass is 9.86. The lowest BCUT2D eigenvalue weighted by Crippen LogP contribution is -2.52. The number of aryl methyl sites for hydroxylation is 4. The number of aromatic nitrogens is 4. The van der Waals surface area contributed by atoms with E-state index in [0.717, 1.165) is 81.4 Å². The Labute approximate surface area is 763 Å². The fourth-order valence-corrected chi connectivity index (χ4v) is 13.9. The van der Waals surface area contributed by atoms with Crippen LogP contribution in [0.5, 0.6) is 0 Å². The molecule has 8 aromatic rings. The highest BCUT2D eigenvalue weighted by molar-refractivity contribution is 6.41. The van der Waals surface area contributed by atoms with Gasteiger partial charge in [0.2, 0.25) is 0 Å². The third kappa shape index (κ3) is 28.9. The third-order valence-electron chi connectivity index (χ3n) is 21.5. The number of ether oxygens (including phenoxy) is 2. The summed E-state index contributed by atoms with van der Waals surface area (Å²) in [7, 11) is 0. The summed E-state index contributed by atoms with van der Waals surface area (Å²) < 4.78 is 231. The first-order valence-corrected chi connectivity index (χ1v) is 41.4. The van der Waals surface area contributed by atoms with Crippen molar-refractivity contribution in [2.24, 2.45) is 23.7 Å². The summed E-state index contributed by atoms with van der Waals surface area (Å²) >= 11 is 0. The van der Waals surface area contributed by atoms with Gasteiger partial charge in [-0.25, -0.2) is 105 Å². The van der Waals surface area contributed by atoms with Crippen molar-refractivity contribution >= 4 is 106 Å². The zero-order chi connectivity index (χ0) is 101. The number of aliphatic carboxylic acids is 1. The molecule has 12 N–H and O–H groups in total. The molecular weight excluding hydrogens is 1820 g/mol. The summed E-state index contributed by atoms with van der Waals surface area (Å²) in [4.78, 5) is 140. The van der Waals surface area contributed by atoms with Crippen LogP contribution in [0.2, 0.25) is 0 Å². The number of carbonyl (C=O) groups is 10. The average molecular weight is 1920 g/mol. The first kappa shape index (κ1) is 107. The number of nitrogens with two attached hydrogens (primary N) is 2. The van der Waals surface area contributed by atoms with Crippen LogP contribution in [0.25, 0.3) is 0 Å². The van der Waals surface area contributed by atoms with Crippen LogP contribution < -0.4 is 48.7 Å². The second kappa shape index (κ2) is 43.5. The van der Waals surface area contributed by atoms with Crippen molar-refractivity contribution in [3.8, 4) is 0 Å². The predicted molar refractivity (Wildman–Crippen MR) is 461 cm³/mol. The maximum atomic E-state index is 14.5. The number of carbonyl (C=O) groups excluding carboxylic acids is 9. The lowest BCUT2D eigenvalue weighted by molar-refractivity contribution is -0.159. The number of alkyl halides is 8. The quantitative estimate of drug-likeness (QED) is 0.0449. The van der Waals surface area contributed by atoms with Gasteiger partial charge in [-0.05, 0) is 187 Å². The predicted octanol–water partition coefficient (Wildman–Crippen LogP) is 17.1. The van der Waals surface area contributed by atoms with Crippen LogP contribution in [0.1, 0.15) is 164 Å². The minimum absolute atomic E-state index is 0.0216. The van der Waals surface area contributed by atoms with Gasteiger partial charge in [-0.2, -0.15) is 0 Å². The molecule has 4 saturated heterocycles. The topological polar surface area (TPSA) is 407 Å². The average Bonchev–Trinajstić information content (AvgIpc) is 0.774. The summed E-state index contributed by atoms with van der Waals surface area (Å²) in [5, 5.41) is 25.6. The number of halogens is 16. The van der Waals surface area contributed by atoms with E-state index in [9.17, 15) is 118 Å². The Morgan fingerprint density at radius 1 is 0.378 bits per heavy atom. The van der Waals surface area contributed by atoms with Crippen molar-refractivity contribution in [3.05, 3.63) is 213 Å². The molecule has 4 fully saturated rings. The van der Waals surface area contributed by atoms with Crippen LogP contribution >= 0.6 is 0 Å². The Balaban J connectivity index is 0.000000212. The van der Waals surface area contributed by atoms with E-state index in [4.69, 9.17) is 26.0 Å². The molecule has 45 heteroatoms. The van der Waals surface area contributed by atoms with E-state index in [1.165, 1.54) is 82.8 Å². The number of hydrogen-bond acceptors (Lipinski definition) is 19. The van der Waals surface area contributed by atoms with Crippen LogP contribution in [0.3, 0.4) is 0 Å². The molecule has 29 nitrogen and oxygen atoms in total. The van der Waals surface area contributed by atoms with E-state index in [-0.39, 0.29) is 75.7 Å². The van der Waals surface area contributed by atoms with Crippen LogP contribution in [0.15, 0.2) is 122 Å². The van der Waals surface area contributed by atoms with Crippen molar-refractivity contribution in [1.82, 2.24) is 40.0 Å². The highest BCUT2D eigenvalue weighted by Crippen LogP contribution is 2.47. The second-order valence-electron chi connectivity index (χ2n) is 34.5. The summed E-state index contributed by atoms with van der Waals surface area (Å²) in [5.74, 6) is -34.2. The first-order chi connectivity index (χ1) is 62.5. The smallest absolute Gasteiger partial charge is 0.413 e. The third-order valence-corrected chi connectivity index (χ3v) is 21.5. The van der Waals surface area contributed by atoms with Gasteiger partial charge in [-0.15, -0.1) is 0 Å². The van der Waals surface area contributed by atoms with Gasteiger partial charge in [-0.3, -0.25) is 44.2 Å².